The number of carbonyl (C=O) groups excluding carboxylic acids is 2. The van der Waals surface area contributed by atoms with E-state index in [9.17, 15) is 9.59 Å². The lowest BCUT2D eigenvalue weighted by molar-refractivity contribution is -0.130. The summed E-state index contributed by atoms with van der Waals surface area (Å²) in [6.07, 6.45) is 0.374. The molecule has 1 aromatic carbocycles. The van der Waals surface area contributed by atoms with Crippen molar-refractivity contribution in [3.8, 4) is 0 Å². The summed E-state index contributed by atoms with van der Waals surface area (Å²) in [6.45, 7) is 7.72. The van der Waals surface area contributed by atoms with Gasteiger partial charge in [-0.2, -0.15) is 10.1 Å². The molecule has 1 heterocycles. The van der Waals surface area contributed by atoms with Crippen molar-refractivity contribution in [1.29, 1.82) is 0 Å². The fourth-order valence-corrected chi connectivity index (χ4v) is 2.32. The van der Waals surface area contributed by atoms with Gasteiger partial charge in [-0.15, -0.1) is 0 Å². The molecule has 1 amide bonds. The molecule has 1 unspecified atom stereocenters. The van der Waals surface area contributed by atoms with Crippen LogP contribution in [0.25, 0.3) is 0 Å². The molecule has 0 aromatic heterocycles. The van der Waals surface area contributed by atoms with Gasteiger partial charge in [-0.25, -0.2) is 0 Å². The predicted molar refractivity (Wildman–Crippen MR) is 79.6 cm³/mol. The van der Waals surface area contributed by atoms with E-state index >= 15 is 0 Å². The Hall–Kier alpha value is -1.97. The van der Waals surface area contributed by atoms with Crippen LogP contribution in [-0.2, 0) is 9.59 Å². The van der Waals surface area contributed by atoms with E-state index in [-0.39, 0.29) is 17.1 Å². The topological polar surface area (TPSA) is 49.7 Å². The van der Waals surface area contributed by atoms with E-state index in [1.165, 1.54) is 5.01 Å². The highest BCUT2D eigenvalue weighted by molar-refractivity contribution is 6.27. The Morgan fingerprint density at radius 3 is 2.40 bits per heavy atom. The number of para-hydroxylation sites is 1. The lowest BCUT2D eigenvalue weighted by Crippen LogP contribution is -2.34. The first-order valence-corrected chi connectivity index (χ1v) is 6.76. The Morgan fingerprint density at radius 1 is 1.25 bits per heavy atom. The molecule has 1 aliphatic heterocycles. The Kier molecular flexibility index (Phi) is 3.75. The first kappa shape index (κ1) is 14.4. The Balaban J connectivity index is 2.22. The van der Waals surface area contributed by atoms with Crippen molar-refractivity contribution in [1.82, 2.24) is 0 Å². The largest absolute Gasteiger partial charge is 0.298 e. The monoisotopic (exact) mass is 272 g/mol. The molecule has 0 saturated carbocycles. The van der Waals surface area contributed by atoms with Gasteiger partial charge in [0, 0.05) is 6.42 Å². The highest BCUT2D eigenvalue weighted by atomic mass is 16.2. The quantitative estimate of drug-likeness (QED) is 0.794. The van der Waals surface area contributed by atoms with Crippen molar-refractivity contribution in [3.63, 3.8) is 0 Å². The average Bonchev–Trinajstić information content (AvgIpc) is 2.64. The summed E-state index contributed by atoms with van der Waals surface area (Å²) in [5.41, 5.74) is 1.15. The number of amides is 1. The zero-order valence-corrected chi connectivity index (χ0v) is 12.4. The van der Waals surface area contributed by atoms with Gasteiger partial charge in [0.1, 0.15) is 5.92 Å². The molecule has 0 fully saturated rings. The average molecular weight is 272 g/mol. The molecule has 106 valence electrons. The van der Waals surface area contributed by atoms with E-state index in [2.05, 4.69) is 5.10 Å². The first-order chi connectivity index (χ1) is 9.29. The summed E-state index contributed by atoms with van der Waals surface area (Å²) >= 11 is 0. The molecular weight excluding hydrogens is 252 g/mol. The van der Waals surface area contributed by atoms with Gasteiger partial charge in [0.2, 0.25) is 0 Å². The van der Waals surface area contributed by atoms with Gasteiger partial charge in [-0.1, -0.05) is 39.0 Å². The van der Waals surface area contributed by atoms with E-state index in [0.29, 0.717) is 17.8 Å². The maximum atomic E-state index is 12.4. The lowest BCUT2D eigenvalue weighted by atomic mass is 9.84. The van der Waals surface area contributed by atoms with Crippen LogP contribution in [0.4, 0.5) is 5.69 Å². The van der Waals surface area contributed by atoms with E-state index in [4.69, 9.17) is 0 Å². The van der Waals surface area contributed by atoms with Crippen LogP contribution in [0.1, 0.15) is 34.1 Å². The second kappa shape index (κ2) is 5.19. The van der Waals surface area contributed by atoms with Crippen molar-refractivity contribution in [2.75, 3.05) is 5.01 Å². The second-order valence-electron chi connectivity index (χ2n) is 6.36. The summed E-state index contributed by atoms with van der Waals surface area (Å²) in [5, 5.41) is 5.59. The third-order valence-electron chi connectivity index (χ3n) is 3.16. The van der Waals surface area contributed by atoms with Crippen molar-refractivity contribution < 1.29 is 9.59 Å². The molecule has 0 spiro atoms. The van der Waals surface area contributed by atoms with Crippen LogP contribution < -0.4 is 5.01 Å². The Bertz CT molecular complexity index is 556. The van der Waals surface area contributed by atoms with Crippen LogP contribution in [-0.4, -0.2) is 17.4 Å². The van der Waals surface area contributed by atoms with Gasteiger partial charge < -0.3 is 0 Å². The number of Topliss-reactive ketones (excluding diaryl/α,β-unsaturated/α-hetero) is 1. The second-order valence-corrected chi connectivity index (χ2v) is 6.36. The molecule has 0 aliphatic carbocycles. The third-order valence-corrected chi connectivity index (χ3v) is 3.16. The smallest absolute Gasteiger partial charge is 0.263 e. The van der Waals surface area contributed by atoms with Crippen molar-refractivity contribution in [2.24, 2.45) is 16.4 Å². The number of ketones is 1. The zero-order valence-electron chi connectivity index (χ0n) is 12.4. The standard InChI is InChI=1S/C16H20N2O2/c1-11-14(13(19)10-16(2,3)4)15(20)18(17-11)12-8-6-5-7-9-12/h5-9,14H,10H2,1-4H3. The van der Waals surface area contributed by atoms with E-state index in [0.717, 1.165) is 0 Å². The van der Waals surface area contributed by atoms with Crippen molar-refractivity contribution in [3.05, 3.63) is 30.3 Å². The minimum Gasteiger partial charge on any atom is -0.298 e. The van der Waals surface area contributed by atoms with Crippen molar-refractivity contribution >= 4 is 23.1 Å². The number of rotatable bonds is 3. The van der Waals surface area contributed by atoms with E-state index < -0.39 is 5.92 Å². The van der Waals surface area contributed by atoms with Crippen LogP contribution in [0.2, 0.25) is 0 Å². The van der Waals surface area contributed by atoms with Gasteiger partial charge in [0.05, 0.1) is 11.4 Å². The maximum absolute atomic E-state index is 12.4. The number of nitrogens with zero attached hydrogens (tertiary/aromatic N) is 2. The SMILES string of the molecule is CC1=NN(c2ccccc2)C(=O)C1C(=O)CC(C)(C)C. The van der Waals surface area contributed by atoms with Gasteiger partial charge in [0.25, 0.3) is 5.91 Å². The van der Waals surface area contributed by atoms with E-state index in [1.807, 2.05) is 51.1 Å². The minimum atomic E-state index is -0.727. The number of hydrogen-bond donors (Lipinski definition) is 0. The van der Waals surface area contributed by atoms with Crippen LogP contribution in [0.5, 0.6) is 0 Å². The maximum Gasteiger partial charge on any atom is 0.263 e. The third kappa shape index (κ3) is 2.95. The lowest BCUT2D eigenvalue weighted by Gasteiger charge is -2.19. The van der Waals surface area contributed by atoms with Crippen LogP contribution >= 0.6 is 0 Å². The fourth-order valence-electron chi connectivity index (χ4n) is 2.32. The highest BCUT2D eigenvalue weighted by Gasteiger charge is 2.40. The summed E-state index contributed by atoms with van der Waals surface area (Å²) in [5.74, 6) is -1.03. The van der Waals surface area contributed by atoms with Crippen LogP contribution in [0.3, 0.4) is 0 Å². The Labute approximate surface area is 119 Å². The van der Waals surface area contributed by atoms with Crippen LogP contribution in [0, 0.1) is 11.3 Å². The highest BCUT2D eigenvalue weighted by Crippen LogP contribution is 2.28. The molecule has 0 radical (unpaired) electrons. The number of benzene rings is 1. The van der Waals surface area contributed by atoms with Crippen LogP contribution in [0.15, 0.2) is 35.4 Å². The molecule has 1 aromatic rings. The van der Waals surface area contributed by atoms with Crippen molar-refractivity contribution in [2.45, 2.75) is 34.1 Å². The molecule has 4 heteroatoms. The summed E-state index contributed by atoms with van der Waals surface area (Å²) in [4.78, 5) is 24.8. The normalized spacial score (nSPS) is 19.2. The van der Waals surface area contributed by atoms with Gasteiger partial charge in [-0.3, -0.25) is 9.59 Å². The number of carbonyl (C=O) groups is 2. The molecule has 0 N–H and O–H groups in total. The molecule has 1 atom stereocenters. The Morgan fingerprint density at radius 2 is 1.85 bits per heavy atom. The van der Waals surface area contributed by atoms with E-state index in [1.54, 1.807) is 6.92 Å². The molecule has 2 rings (SSSR count). The number of hydrazone groups is 1. The van der Waals surface area contributed by atoms with Gasteiger partial charge >= 0.3 is 0 Å². The summed E-state index contributed by atoms with van der Waals surface area (Å²) in [7, 11) is 0. The summed E-state index contributed by atoms with van der Waals surface area (Å²) in [6, 6.07) is 9.19. The molecule has 1 aliphatic rings. The molecule has 0 bridgehead atoms. The molecular formula is C16H20N2O2. The van der Waals surface area contributed by atoms with Gasteiger partial charge in [-0.05, 0) is 24.5 Å². The fraction of sp³-hybridized carbons (Fsp3) is 0.438. The molecule has 20 heavy (non-hydrogen) atoms. The summed E-state index contributed by atoms with van der Waals surface area (Å²) < 4.78 is 0. The predicted octanol–water partition coefficient (Wildman–Crippen LogP) is 3.03. The number of anilines is 1. The molecule has 0 saturated heterocycles. The number of hydrogen-bond acceptors (Lipinski definition) is 3. The van der Waals surface area contributed by atoms with Gasteiger partial charge in [0.15, 0.2) is 5.78 Å². The first-order valence-electron chi connectivity index (χ1n) is 6.76. The minimum absolute atomic E-state index is 0.0535. The molecule has 4 nitrogen and oxygen atoms in total. The zero-order chi connectivity index (χ0) is 14.9.